The van der Waals surface area contributed by atoms with Gasteiger partial charge in [0.2, 0.25) is 5.82 Å². The lowest BCUT2D eigenvalue weighted by Crippen LogP contribution is -2.09. The zero-order valence-corrected chi connectivity index (χ0v) is 24.1. The molecule has 0 saturated carbocycles. The molecule has 210 valence electrons. The van der Waals surface area contributed by atoms with Gasteiger partial charge in [-0.15, -0.1) is 0 Å². The number of hydrogen-bond donors (Lipinski definition) is 0. The maximum Gasteiger partial charge on any atom is 0.258 e. The average Bonchev–Trinajstić information content (AvgIpc) is 3.70. The molecule has 2 aromatic heterocycles. The van der Waals surface area contributed by atoms with Crippen molar-refractivity contribution < 1.29 is 4.52 Å². The van der Waals surface area contributed by atoms with E-state index in [0.29, 0.717) is 11.7 Å². The fourth-order valence-corrected chi connectivity index (χ4v) is 6.05. The van der Waals surface area contributed by atoms with Crippen molar-refractivity contribution >= 4 is 38.9 Å². The number of fused-ring (bicyclic) bond motifs is 3. The molecule has 0 bridgehead atoms. The van der Waals surface area contributed by atoms with Gasteiger partial charge in [0, 0.05) is 44.6 Å². The molecule has 44 heavy (non-hydrogen) atoms. The number of aryl methyl sites for hydroxylation is 1. The summed E-state index contributed by atoms with van der Waals surface area (Å²) in [6.45, 7) is 2.14. The Morgan fingerprint density at radius 3 is 1.89 bits per heavy atom. The molecule has 8 aromatic rings. The molecule has 5 heteroatoms. The van der Waals surface area contributed by atoms with Gasteiger partial charge in [-0.25, -0.2) is 0 Å². The van der Waals surface area contributed by atoms with E-state index in [9.17, 15) is 0 Å². The molecule has 0 radical (unpaired) electrons. The second-order valence-corrected chi connectivity index (χ2v) is 10.9. The van der Waals surface area contributed by atoms with Crippen LogP contribution in [0.3, 0.4) is 0 Å². The molecule has 0 unspecified atom stereocenters. The summed E-state index contributed by atoms with van der Waals surface area (Å²) in [6.07, 6.45) is 0. The molecule has 8 rings (SSSR count). The zero-order chi connectivity index (χ0) is 29.5. The van der Waals surface area contributed by atoms with Crippen LogP contribution in [0.15, 0.2) is 156 Å². The van der Waals surface area contributed by atoms with Crippen LogP contribution < -0.4 is 4.90 Å². The normalized spacial score (nSPS) is 11.3. The highest BCUT2D eigenvalue weighted by Gasteiger charge is 2.18. The van der Waals surface area contributed by atoms with Gasteiger partial charge in [0.1, 0.15) is 0 Å². The highest BCUT2D eigenvalue weighted by Crippen LogP contribution is 2.40. The van der Waals surface area contributed by atoms with E-state index < -0.39 is 0 Å². The molecular weight excluding hydrogens is 540 g/mol. The van der Waals surface area contributed by atoms with E-state index in [1.54, 1.807) is 0 Å². The first-order valence-electron chi connectivity index (χ1n) is 14.7. The number of nitrogens with zero attached hydrogens (tertiary/aromatic N) is 4. The summed E-state index contributed by atoms with van der Waals surface area (Å²) in [4.78, 5) is 6.98. The lowest BCUT2D eigenvalue weighted by atomic mass is 10.1. The standard InChI is InChI=1S/C39H28N4O/c1-27-25-29(38-40-39(44-41-38)28-13-5-2-6-14-28)21-23-35(27)43-36-20-12-11-19-33(36)34-26-32(22-24-37(34)43)42(30-15-7-3-8-16-30)31-17-9-4-10-18-31/h2-26H,1H3. The van der Waals surface area contributed by atoms with E-state index in [-0.39, 0.29) is 0 Å². The molecular formula is C39H28N4O. The van der Waals surface area contributed by atoms with E-state index in [1.165, 1.54) is 10.8 Å². The summed E-state index contributed by atoms with van der Waals surface area (Å²) in [5.74, 6) is 1.09. The van der Waals surface area contributed by atoms with Gasteiger partial charge in [0.05, 0.1) is 11.0 Å². The molecule has 5 nitrogen and oxygen atoms in total. The van der Waals surface area contributed by atoms with Gasteiger partial charge in [-0.3, -0.25) is 0 Å². The van der Waals surface area contributed by atoms with Crippen molar-refractivity contribution in [2.75, 3.05) is 4.90 Å². The molecule has 0 N–H and O–H groups in total. The Hall–Kier alpha value is -5.94. The van der Waals surface area contributed by atoms with Crippen LogP contribution in [0.2, 0.25) is 0 Å². The smallest absolute Gasteiger partial charge is 0.258 e. The van der Waals surface area contributed by atoms with Gasteiger partial charge in [-0.1, -0.05) is 78.0 Å². The third kappa shape index (κ3) is 4.43. The lowest BCUT2D eigenvalue weighted by Gasteiger charge is -2.25. The molecule has 6 aromatic carbocycles. The van der Waals surface area contributed by atoms with E-state index in [0.717, 1.165) is 50.5 Å². The first-order chi connectivity index (χ1) is 21.7. The number of hydrogen-bond acceptors (Lipinski definition) is 4. The van der Waals surface area contributed by atoms with Gasteiger partial charge in [0.15, 0.2) is 0 Å². The molecule has 0 amide bonds. The van der Waals surface area contributed by atoms with Crippen LogP contribution in [-0.2, 0) is 0 Å². The minimum atomic E-state index is 0.514. The minimum absolute atomic E-state index is 0.514. The number of aromatic nitrogens is 3. The van der Waals surface area contributed by atoms with Crippen LogP contribution in [-0.4, -0.2) is 14.7 Å². The maximum absolute atomic E-state index is 5.59. The van der Waals surface area contributed by atoms with Crippen molar-refractivity contribution in [2.45, 2.75) is 6.92 Å². The first-order valence-corrected chi connectivity index (χ1v) is 14.7. The summed E-state index contributed by atoms with van der Waals surface area (Å²) < 4.78 is 7.94. The van der Waals surface area contributed by atoms with Crippen molar-refractivity contribution in [1.82, 2.24) is 14.7 Å². The van der Waals surface area contributed by atoms with Crippen LogP contribution >= 0.6 is 0 Å². The van der Waals surface area contributed by atoms with E-state index in [4.69, 9.17) is 4.52 Å². The van der Waals surface area contributed by atoms with Gasteiger partial charge < -0.3 is 14.0 Å². The molecule has 0 saturated heterocycles. The molecule has 0 aliphatic rings. The fourth-order valence-electron chi connectivity index (χ4n) is 6.05. The Morgan fingerprint density at radius 2 is 1.18 bits per heavy atom. The van der Waals surface area contributed by atoms with Gasteiger partial charge in [0.25, 0.3) is 5.89 Å². The van der Waals surface area contributed by atoms with Crippen molar-refractivity contribution in [3.63, 3.8) is 0 Å². The molecule has 0 fully saturated rings. The predicted molar refractivity (Wildman–Crippen MR) is 179 cm³/mol. The van der Waals surface area contributed by atoms with Crippen molar-refractivity contribution in [3.8, 4) is 28.5 Å². The second kappa shape index (κ2) is 10.7. The predicted octanol–water partition coefficient (Wildman–Crippen LogP) is 10.3. The molecule has 0 aliphatic carbocycles. The third-order valence-electron chi connectivity index (χ3n) is 8.09. The Balaban J connectivity index is 1.25. The Labute approximate surface area is 255 Å². The van der Waals surface area contributed by atoms with Crippen molar-refractivity contribution in [2.24, 2.45) is 0 Å². The SMILES string of the molecule is Cc1cc(-c2noc(-c3ccccc3)n2)ccc1-n1c2ccccc2c2cc(N(c3ccccc3)c3ccccc3)ccc21. The Kier molecular flexibility index (Phi) is 6.27. The zero-order valence-electron chi connectivity index (χ0n) is 24.1. The fraction of sp³-hybridized carbons (Fsp3) is 0.0256. The Bertz CT molecular complexity index is 2200. The van der Waals surface area contributed by atoms with Gasteiger partial charge in [-0.2, -0.15) is 4.98 Å². The quantitative estimate of drug-likeness (QED) is 0.200. The first kappa shape index (κ1) is 25.7. The third-order valence-corrected chi connectivity index (χ3v) is 8.09. The molecule has 0 spiro atoms. The van der Waals surface area contributed by atoms with Gasteiger partial charge >= 0.3 is 0 Å². The largest absolute Gasteiger partial charge is 0.334 e. The van der Waals surface area contributed by atoms with Crippen LogP contribution in [0.4, 0.5) is 17.1 Å². The summed E-state index contributed by atoms with van der Waals surface area (Å²) in [6, 6.07) is 52.6. The summed E-state index contributed by atoms with van der Waals surface area (Å²) in [5.41, 5.74) is 9.71. The van der Waals surface area contributed by atoms with E-state index in [1.807, 2.05) is 30.3 Å². The highest BCUT2D eigenvalue weighted by molar-refractivity contribution is 6.10. The number of benzene rings is 6. The molecule has 0 atom stereocenters. The maximum atomic E-state index is 5.59. The van der Waals surface area contributed by atoms with E-state index in [2.05, 4.69) is 148 Å². The molecule has 2 heterocycles. The van der Waals surface area contributed by atoms with Crippen LogP contribution in [0.25, 0.3) is 50.3 Å². The second-order valence-electron chi connectivity index (χ2n) is 10.9. The average molecular weight is 569 g/mol. The lowest BCUT2D eigenvalue weighted by molar-refractivity contribution is 0.432. The topological polar surface area (TPSA) is 47.1 Å². The van der Waals surface area contributed by atoms with Crippen molar-refractivity contribution in [1.29, 1.82) is 0 Å². The minimum Gasteiger partial charge on any atom is -0.334 e. The van der Waals surface area contributed by atoms with E-state index >= 15 is 0 Å². The van der Waals surface area contributed by atoms with Crippen LogP contribution in [0, 0.1) is 6.92 Å². The highest BCUT2D eigenvalue weighted by atomic mass is 16.5. The van der Waals surface area contributed by atoms with Crippen molar-refractivity contribution in [3.05, 3.63) is 157 Å². The summed E-state index contributed by atoms with van der Waals surface area (Å²) in [5, 5.41) is 6.68. The number of rotatable bonds is 6. The summed E-state index contributed by atoms with van der Waals surface area (Å²) in [7, 11) is 0. The van der Waals surface area contributed by atoms with Gasteiger partial charge in [-0.05, 0) is 91.3 Å². The number of anilines is 3. The van der Waals surface area contributed by atoms with Crippen LogP contribution in [0.1, 0.15) is 5.56 Å². The summed E-state index contributed by atoms with van der Waals surface area (Å²) >= 11 is 0. The van der Waals surface area contributed by atoms with Crippen LogP contribution in [0.5, 0.6) is 0 Å². The number of para-hydroxylation sites is 3. The molecule has 0 aliphatic heterocycles. The Morgan fingerprint density at radius 1 is 0.545 bits per heavy atom. The monoisotopic (exact) mass is 568 g/mol.